The molecule has 1 atom stereocenters. The van der Waals surface area contributed by atoms with Gasteiger partial charge in [-0.2, -0.15) is 13.2 Å². The third-order valence-electron chi connectivity index (χ3n) is 3.14. The van der Waals surface area contributed by atoms with E-state index in [0.717, 1.165) is 11.1 Å². The van der Waals surface area contributed by atoms with Crippen molar-refractivity contribution in [3.05, 3.63) is 28.3 Å². The van der Waals surface area contributed by atoms with E-state index in [9.17, 15) is 13.2 Å². The molecule has 102 valence electrons. The second kappa shape index (κ2) is 5.18. The minimum absolute atomic E-state index is 0.163. The normalized spacial score (nSPS) is 13.6. The lowest BCUT2D eigenvalue weighted by Gasteiger charge is -2.25. The SMILES string of the molecule is CNC(c1c(C)cc(C)c(C)c1OC)C(F)(F)F. The molecule has 1 rings (SSSR count). The predicted molar refractivity (Wildman–Crippen MR) is 65.1 cm³/mol. The molecule has 1 unspecified atom stereocenters. The van der Waals surface area contributed by atoms with E-state index in [1.165, 1.54) is 14.2 Å². The fourth-order valence-corrected chi connectivity index (χ4v) is 2.16. The molecular formula is C13H18F3NO. The van der Waals surface area contributed by atoms with Crippen LogP contribution < -0.4 is 10.1 Å². The molecule has 0 radical (unpaired) electrons. The van der Waals surface area contributed by atoms with Crippen molar-refractivity contribution in [1.82, 2.24) is 5.32 Å². The Balaban J connectivity index is 3.52. The first-order valence-corrected chi connectivity index (χ1v) is 5.62. The quantitative estimate of drug-likeness (QED) is 0.900. The van der Waals surface area contributed by atoms with E-state index in [4.69, 9.17) is 4.74 Å². The molecule has 1 N–H and O–H groups in total. The number of alkyl halides is 3. The van der Waals surface area contributed by atoms with Gasteiger partial charge in [-0.25, -0.2) is 0 Å². The van der Waals surface area contributed by atoms with Gasteiger partial charge in [0.05, 0.1) is 7.11 Å². The van der Waals surface area contributed by atoms with Crippen molar-refractivity contribution in [2.45, 2.75) is 33.0 Å². The van der Waals surface area contributed by atoms with Crippen LogP contribution >= 0.6 is 0 Å². The first-order valence-electron chi connectivity index (χ1n) is 5.62. The molecule has 0 saturated heterocycles. The third-order valence-corrected chi connectivity index (χ3v) is 3.14. The highest BCUT2D eigenvalue weighted by Gasteiger charge is 2.42. The van der Waals surface area contributed by atoms with Crippen molar-refractivity contribution in [2.24, 2.45) is 0 Å². The third kappa shape index (κ3) is 2.61. The van der Waals surface area contributed by atoms with Crippen LogP contribution in [-0.4, -0.2) is 20.3 Å². The highest BCUT2D eigenvalue weighted by atomic mass is 19.4. The van der Waals surface area contributed by atoms with E-state index < -0.39 is 12.2 Å². The summed E-state index contributed by atoms with van der Waals surface area (Å²) in [6.07, 6.45) is -4.35. The molecular weight excluding hydrogens is 243 g/mol. The standard InChI is InChI=1S/C13H18F3NO/c1-7-6-8(2)10(11(18-5)9(7)3)12(17-4)13(14,15)16/h6,12,17H,1-5H3. The molecule has 18 heavy (non-hydrogen) atoms. The van der Waals surface area contributed by atoms with Gasteiger partial charge in [0.2, 0.25) is 0 Å². The maximum atomic E-state index is 13.0. The number of halogens is 3. The van der Waals surface area contributed by atoms with Gasteiger partial charge < -0.3 is 10.1 Å². The van der Waals surface area contributed by atoms with Crippen molar-refractivity contribution < 1.29 is 17.9 Å². The lowest BCUT2D eigenvalue weighted by Crippen LogP contribution is -2.32. The van der Waals surface area contributed by atoms with Crippen LogP contribution in [0.25, 0.3) is 0 Å². The number of hydrogen-bond donors (Lipinski definition) is 1. The summed E-state index contributed by atoms with van der Waals surface area (Å²) in [6, 6.07) is 0.0373. The van der Waals surface area contributed by atoms with Crippen LogP contribution in [0.4, 0.5) is 13.2 Å². The van der Waals surface area contributed by atoms with E-state index in [0.29, 0.717) is 11.3 Å². The summed E-state index contributed by atoms with van der Waals surface area (Å²) in [7, 11) is 2.69. The molecule has 0 fully saturated rings. The zero-order chi connectivity index (χ0) is 14.1. The summed E-state index contributed by atoms with van der Waals surface area (Å²) >= 11 is 0. The number of methoxy groups -OCH3 is 1. The summed E-state index contributed by atoms with van der Waals surface area (Å²) < 4.78 is 44.2. The van der Waals surface area contributed by atoms with E-state index in [1.54, 1.807) is 19.9 Å². The number of ether oxygens (including phenoxy) is 1. The number of benzene rings is 1. The fourth-order valence-electron chi connectivity index (χ4n) is 2.16. The van der Waals surface area contributed by atoms with E-state index >= 15 is 0 Å². The molecule has 1 aromatic carbocycles. The highest BCUT2D eigenvalue weighted by Crippen LogP contribution is 2.41. The van der Waals surface area contributed by atoms with Crippen molar-refractivity contribution in [3.63, 3.8) is 0 Å². The van der Waals surface area contributed by atoms with Crippen LogP contribution in [0.3, 0.4) is 0 Å². The Morgan fingerprint density at radius 2 is 1.72 bits per heavy atom. The van der Waals surface area contributed by atoms with Crippen LogP contribution in [-0.2, 0) is 0 Å². The van der Waals surface area contributed by atoms with Gasteiger partial charge in [-0.05, 0) is 44.5 Å². The minimum Gasteiger partial charge on any atom is -0.496 e. The average molecular weight is 261 g/mol. The molecule has 0 bridgehead atoms. The second-order valence-corrected chi connectivity index (χ2v) is 4.35. The summed E-state index contributed by atoms with van der Waals surface area (Å²) in [5, 5.41) is 2.32. The van der Waals surface area contributed by atoms with Crippen molar-refractivity contribution in [3.8, 4) is 5.75 Å². The molecule has 0 saturated carbocycles. The summed E-state index contributed by atoms with van der Waals surface area (Å²) in [5.74, 6) is 0.309. The van der Waals surface area contributed by atoms with Crippen molar-refractivity contribution in [2.75, 3.05) is 14.2 Å². The van der Waals surface area contributed by atoms with Crippen LogP contribution in [0.5, 0.6) is 5.75 Å². The Hall–Kier alpha value is -1.23. The molecule has 0 aromatic heterocycles. The fraction of sp³-hybridized carbons (Fsp3) is 0.538. The Morgan fingerprint density at radius 1 is 1.17 bits per heavy atom. The van der Waals surface area contributed by atoms with Gasteiger partial charge in [0.25, 0.3) is 0 Å². The van der Waals surface area contributed by atoms with E-state index in [2.05, 4.69) is 5.32 Å². The molecule has 0 spiro atoms. The zero-order valence-corrected chi connectivity index (χ0v) is 11.2. The highest BCUT2D eigenvalue weighted by molar-refractivity contribution is 5.51. The molecule has 1 aromatic rings. The van der Waals surface area contributed by atoms with Crippen LogP contribution in [0.15, 0.2) is 6.07 Å². The zero-order valence-electron chi connectivity index (χ0n) is 11.2. The largest absolute Gasteiger partial charge is 0.496 e. The van der Waals surface area contributed by atoms with Crippen molar-refractivity contribution in [1.29, 1.82) is 0 Å². The lowest BCUT2D eigenvalue weighted by atomic mass is 9.94. The number of nitrogens with one attached hydrogen (secondary N) is 1. The maximum Gasteiger partial charge on any atom is 0.408 e. The summed E-state index contributed by atoms with van der Waals surface area (Å²) in [5.41, 5.74) is 2.40. The van der Waals surface area contributed by atoms with Crippen LogP contribution in [0.1, 0.15) is 28.3 Å². The van der Waals surface area contributed by atoms with Gasteiger partial charge in [0.1, 0.15) is 11.8 Å². The van der Waals surface area contributed by atoms with Gasteiger partial charge in [-0.1, -0.05) is 6.07 Å². The molecule has 0 heterocycles. The Kier molecular flexibility index (Phi) is 4.27. The van der Waals surface area contributed by atoms with Gasteiger partial charge in [-0.3, -0.25) is 0 Å². The average Bonchev–Trinajstić information content (AvgIpc) is 2.24. The topological polar surface area (TPSA) is 21.3 Å². The van der Waals surface area contributed by atoms with Crippen LogP contribution in [0.2, 0.25) is 0 Å². The summed E-state index contributed by atoms with van der Waals surface area (Å²) in [4.78, 5) is 0. The molecule has 0 amide bonds. The molecule has 2 nitrogen and oxygen atoms in total. The molecule has 5 heteroatoms. The van der Waals surface area contributed by atoms with Gasteiger partial charge in [0.15, 0.2) is 0 Å². The summed E-state index contributed by atoms with van der Waals surface area (Å²) in [6.45, 7) is 5.29. The first kappa shape index (κ1) is 14.8. The maximum absolute atomic E-state index is 13.0. The Morgan fingerprint density at radius 3 is 2.11 bits per heavy atom. The Labute approximate surface area is 105 Å². The van der Waals surface area contributed by atoms with Gasteiger partial charge in [0, 0.05) is 5.56 Å². The number of aryl methyl sites for hydroxylation is 2. The smallest absolute Gasteiger partial charge is 0.408 e. The van der Waals surface area contributed by atoms with E-state index in [-0.39, 0.29) is 5.56 Å². The lowest BCUT2D eigenvalue weighted by molar-refractivity contribution is -0.156. The first-order chi connectivity index (χ1) is 8.23. The number of hydrogen-bond acceptors (Lipinski definition) is 2. The predicted octanol–water partition coefficient (Wildman–Crippen LogP) is 3.44. The van der Waals surface area contributed by atoms with Crippen molar-refractivity contribution >= 4 is 0 Å². The monoisotopic (exact) mass is 261 g/mol. The van der Waals surface area contributed by atoms with Gasteiger partial charge in [-0.15, -0.1) is 0 Å². The second-order valence-electron chi connectivity index (χ2n) is 4.35. The van der Waals surface area contributed by atoms with Gasteiger partial charge >= 0.3 is 6.18 Å². The molecule has 0 aliphatic carbocycles. The number of rotatable bonds is 3. The Bertz CT molecular complexity index is 441. The van der Waals surface area contributed by atoms with Crippen LogP contribution in [0, 0.1) is 20.8 Å². The minimum atomic E-state index is -4.35. The van der Waals surface area contributed by atoms with E-state index in [1.807, 2.05) is 6.92 Å². The molecule has 0 aliphatic rings. The molecule has 0 aliphatic heterocycles.